The van der Waals surface area contributed by atoms with Gasteiger partial charge in [-0.05, 0) is 13.0 Å². The van der Waals surface area contributed by atoms with Crippen LogP contribution >= 0.6 is 0 Å². The number of nitrogens with zero attached hydrogens (tertiary/aromatic N) is 3. The van der Waals surface area contributed by atoms with Crippen LogP contribution in [0.1, 0.15) is 21.6 Å². The Morgan fingerprint density at radius 1 is 1.58 bits per heavy atom. The number of amides is 1. The summed E-state index contributed by atoms with van der Waals surface area (Å²) in [4.78, 5) is 15.4. The van der Waals surface area contributed by atoms with Gasteiger partial charge in [-0.25, -0.2) is 9.37 Å². The van der Waals surface area contributed by atoms with Crippen LogP contribution in [-0.4, -0.2) is 20.7 Å². The molecule has 100 valence electrons. The van der Waals surface area contributed by atoms with E-state index in [4.69, 9.17) is 5.73 Å². The minimum absolute atomic E-state index is 0.117. The van der Waals surface area contributed by atoms with Crippen molar-refractivity contribution in [3.05, 3.63) is 41.1 Å². The second-order valence-corrected chi connectivity index (χ2v) is 4.15. The number of carbonyl (C=O) groups excluding carboxylic acids is 1. The minimum atomic E-state index is -0.803. The zero-order valence-electron chi connectivity index (χ0n) is 10.6. The fourth-order valence-corrected chi connectivity index (χ4v) is 1.73. The largest absolute Gasteiger partial charge is 0.381 e. The van der Waals surface area contributed by atoms with Gasteiger partial charge in [0.1, 0.15) is 0 Å². The standard InChI is InChI=1S/C12H14FN5O/c1-7-8(6-18(2)17-7)5-16-12(19)9-3-4-15-11(14)10(9)13/h3-4,6H,5H2,1-2H3,(H2,14,15)(H,16,19). The van der Waals surface area contributed by atoms with Gasteiger partial charge in [-0.15, -0.1) is 0 Å². The topological polar surface area (TPSA) is 85.8 Å². The summed E-state index contributed by atoms with van der Waals surface area (Å²) in [7, 11) is 1.79. The lowest BCUT2D eigenvalue weighted by atomic mass is 10.2. The molecule has 2 heterocycles. The van der Waals surface area contributed by atoms with E-state index in [0.29, 0.717) is 0 Å². The van der Waals surface area contributed by atoms with Gasteiger partial charge in [0.2, 0.25) is 0 Å². The first-order valence-corrected chi connectivity index (χ1v) is 5.66. The highest BCUT2D eigenvalue weighted by atomic mass is 19.1. The van der Waals surface area contributed by atoms with Crippen molar-refractivity contribution in [2.45, 2.75) is 13.5 Å². The van der Waals surface area contributed by atoms with Crippen molar-refractivity contribution in [2.24, 2.45) is 7.05 Å². The molecule has 0 spiro atoms. The molecule has 0 atom stereocenters. The zero-order chi connectivity index (χ0) is 14.0. The Balaban J connectivity index is 2.10. The fraction of sp³-hybridized carbons (Fsp3) is 0.250. The fourth-order valence-electron chi connectivity index (χ4n) is 1.73. The average molecular weight is 263 g/mol. The first kappa shape index (κ1) is 13.0. The van der Waals surface area contributed by atoms with Gasteiger partial charge in [0.15, 0.2) is 11.6 Å². The highest BCUT2D eigenvalue weighted by molar-refractivity contribution is 5.95. The quantitative estimate of drug-likeness (QED) is 0.856. The third-order valence-corrected chi connectivity index (χ3v) is 2.72. The molecule has 0 aromatic carbocycles. The molecular weight excluding hydrogens is 249 g/mol. The van der Waals surface area contributed by atoms with Crippen LogP contribution in [0.3, 0.4) is 0 Å². The number of pyridine rings is 1. The summed E-state index contributed by atoms with van der Waals surface area (Å²) in [5, 5.41) is 6.78. The number of aryl methyl sites for hydroxylation is 2. The predicted molar refractivity (Wildman–Crippen MR) is 67.7 cm³/mol. The Hall–Kier alpha value is -2.44. The summed E-state index contributed by atoms with van der Waals surface area (Å²) in [6.07, 6.45) is 3.09. The van der Waals surface area contributed by atoms with Gasteiger partial charge in [-0.2, -0.15) is 5.10 Å². The van der Waals surface area contributed by atoms with E-state index in [0.717, 1.165) is 11.3 Å². The lowest BCUT2D eigenvalue weighted by Gasteiger charge is -2.06. The highest BCUT2D eigenvalue weighted by Gasteiger charge is 2.14. The number of hydrogen-bond acceptors (Lipinski definition) is 4. The van der Waals surface area contributed by atoms with E-state index in [2.05, 4.69) is 15.4 Å². The maximum Gasteiger partial charge on any atom is 0.254 e. The number of hydrogen-bond donors (Lipinski definition) is 2. The molecule has 2 aromatic heterocycles. The molecule has 3 N–H and O–H groups in total. The third-order valence-electron chi connectivity index (χ3n) is 2.72. The SMILES string of the molecule is Cc1nn(C)cc1CNC(=O)c1ccnc(N)c1F. The summed E-state index contributed by atoms with van der Waals surface area (Å²) >= 11 is 0. The van der Waals surface area contributed by atoms with Gasteiger partial charge >= 0.3 is 0 Å². The number of carbonyl (C=O) groups is 1. The molecule has 0 radical (unpaired) electrons. The number of aromatic nitrogens is 3. The summed E-state index contributed by atoms with van der Waals surface area (Å²) in [5.41, 5.74) is 6.89. The van der Waals surface area contributed by atoms with Crippen LogP contribution < -0.4 is 11.1 Å². The van der Waals surface area contributed by atoms with Crippen molar-refractivity contribution in [1.29, 1.82) is 0 Å². The van der Waals surface area contributed by atoms with Crippen molar-refractivity contribution < 1.29 is 9.18 Å². The van der Waals surface area contributed by atoms with E-state index in [9.17, 15) is 9.18 Å². The van der Waals surface area contributed by atoms with Crippen molar-refractivity contribution in [2.75, 3.05) is 5.73 Å². The van der Waals surface area contributed by atoms with Crippen molar-refractivity contribution in [3.8, 4) is 0 Å². The first-order chi connectivity index (χ1) is 8.99. The molecule has 0 saturated heterocycles. The van der Waals surface area contributed by atoms with Crippen LogP contribution in [0.5, 0.6) is 0 Å². The number of nitrogens with two attached hydrogens (primary N) is 1. The van der Waals surface area contributed by atoms with Crippen molar-refractivity contribution >= 4 is 11.7 Å². The molecule has 2 aromatic rings. The molecule has 6 nitrogen and oxygen atoms in total. The van der Waals surface area contributed by atoms with E-state index in [1.54, 1.807) is 17.9 Å². The van der Waals surface area contributed by atoms with Crippen LogP contribution in [0, 0.1) is 12.7 Å². The molecular formula is C12H14FN5O. The first-order valence-electron chi connectivity index (χ1n) is 5.66. The lowest BCUT2D eigenvalue weighted by Crippen LogP contribution is -2.24. The minimum Gasteiger partial charge on any atom is -0.381 e. The average Bonchev–Trinajstić information content (AvgIpc) is 2.68. The number of rotatable bonds is 3. The van der Waals surface area contributed by atoms with Crippen LogP contribution in [0.25, 0.3) is 0 Å². The maximum absolute atomic E-state index is 13.6. The van der Waals surface area contributed by atoms with Crippen molar-refractivity contribution in [3.63, 3.8) is 0 Å². The normalized spacial score (nSPS) is 10.5. The Kier molecular flexibility index (Phi) is 3.46. The summed E-state index contributed by atoms with van der Waals surface area (Å²) in [6, 6.07) is 1.29. The molecule has 1 amide bonds. The van der Waals surface area contributed by atoms with Gasteiger partial charge in [0.25, 0.3) is 5.91 Å². The number of nitrogen functional groups attached to an aromatic ring is 1. The number of halogens is 1. The molecule has 0 unspecified atom stereocenters. The Labute approximate surface area is 109 Å². The van der Waals surface area contributed by atoms with Crippen molar-refractivity contribution in [1.82, 2.24) is 20.1 Å². The van der Waals surface area contributed by atoms with E-state index in [-0.39, 0.29) is 17.9 Å². The lowest BCUT2D eigenvalue weighted by molar-refractivity contribution is 0.0947. The summed E-state index contributed by atoms with van der Waals surface area (Å²) in [5.74, 6) is -1.62. The Morgan fingerprint density at radius 2 is 2.32 bits per heavy atom. The molecule has 0 fully saturated rings. The molecule has 0 bridgehead atoms. The number of nitrogens with one attached hydrogen (secondary N) is 1. The van der Waals surface area contributed by atoms with Crippen LogP contribution in [0.4, 0.5) is 10.2 Å². The van der Waals surface area contributed by atoms with Crippen LogP contribution in [0.2, 0.25) is 0 Å². The van der Waals surface area contributed by atoms with E-state index < -0.39 is 11.7 Å². The van der Waals surface area contributed by atoms with Gasteiger partial charge in [-0.1, -0.05) is 0 Å². The molecule has 0 aliphatic carbocycles. The highest BCUT2D eigenvalue weighted by Crippen LogP contribution is 2.12. The maximum atomic E-state index is 13.6. The van der Waals surface area contributed by atoms with Gasteiger partial charge in [0.05, 0.1) is 11.3 Å². The van der Waals surface area contributed by atoms with E-state index in [1.807, 2.05) is 6.92 Å². The monoisotopic (exact) mass is 263 g/mol. The molecule has 0 aliphatic heterocycles. The zero-order valence-corrected chi connectivity index (χ0v) is 10.6. The molecule has 0 saturated carbocycles. The Bertz CT molecular complexity index is 623. The molecule has 2 rings (SSSR count). The second kappa shape index (κ2) is 5.05. The third kappa shape index (κ3) is 2.70. The van der Waals surface area contributed by atoms with Gasteiger partial charge in [-0.3, -0.25) is 9.48 Å². The second-order valence-electron chi connectivity index (χ2n) is 4.15. The molecule has 7 heteroatoms. The van der Waals surface area contributed by atoms with Gasteiger partial charge < -0.3 is 11.1 Å². The van der Waals surface area contributed by atoms with Crippen LogP contribution in [-0.2, 0) is 13.6 Å². The Morgan fingerprint density at radius 3 is 2.95 bits per heavy atom. The van der Waals surface area contributed by atoms with E-state index in [1.165, 1.54) is 12.3 Å². The summed E-state index contributed by atoms with van der Waals surface area (Å²) < 4.78 is 15.3. The summed E-state index contributed by atoms with van der Waals surface area (Å²) in [6.45, 7) is 2.12. The van der Waals surface area contributed by atoms with Gasteiger partial charge in [0, 0.05) is 31.5 Å². The number of anilines is 1. The molecule has 0 aliphatic rings. The smallest absolute Gasteiger partial charge is 0.254 e. The molecule has 19 heavy (non-hydrogen) atoms. The van der Waals surface area contributed by atoms with Crippen LogP contribution in [0.15, 0.2) is 18.5 Å². The predicted octanol–water partition coefficient (Wildman–Crippen LogP) is 0.775. The van der Waals surface area contributed by atoms with E-state index >= 15 is 0 Å².